The van der Waals surface area contributed by atoms with Crippen molar-refractivity contribution < 1.29 is 4.42 Å². The van der Waals surface area contributed by atoms with Gasteiger partial charge in [0.05, 0.1) is 16.7 Å². The Hall–Kier alpha value is -7.62. The van der Waals surface area contributed by atoms with Crippen molar-refractivity contribution >= 4 is 60.8 Å². The molecular weight excluding hydrogens is 693 g/mol. The minimum atomic E-state index is 0.838. The van der Waals surface area contributed by atoms with Crippen molar-refractivity contribution in [1.82, 2.24) is 4.57 Å². The lowest BCUT2D eigenvalue weighted by molar-refractivity contribution is 0.669. The van der Waals surface area contributed by atoms with Gasteiger partial charge in [0.1, 0.15) is 5.58 Å². The Labute approximate surface area is 330 Å². The molecular formula is C54H36N2O. The number of para-hydroxylation sites is 2. The first-order chi connectivity index (χ1) is 28.3. The zero-order valence-corrected chi connectivity index (χ0v) is 31.1. The summed E-state index contributed by atoms with van der Waals surface area (Å²) in [5.74, 6) is 0. The molecule has 11 rings (SSSR count). The standard InChI is InChI=1S/C54H36N2O/c1-4-14-37(15-5-1)40-24-29-43(30-25-40)55(44-31-26-41(27-32-44)38-16-6-2-7-17-38)52-36-45(35-49-48-21-11-13-23-53(48)57-54(49)52)56-50-22-12-10-20-46(50)47-33-28-42(34-51(47)56)39-18-8-3-9-19-39/h1-36H. The second-order valence-corrected chi connectivity index (χ2v) is 14.6. The summed E-state index contributed by atoms with van der Waals surface area (Å²) in [7, 11) is 0. The molecule has 0 aliphatic rings. The second-order valence-electron chi connectivity index (χ2n) is 14.6. The molecule has 0 spiro atoms. The molecule has 268 valence electrons. The molecule has 0 saturated heterocycles. The number of nitrogens with zero attached hydrogens (tertiary/aromatic N) is 2. The second kappa shape index (κ2) is 13.6. The van der Waals surface area contributed by atoms with Crippen molar-refractivity contribution in [2.24, 2.45) is 0 Å². The van der Waals surface area contributed by atoms with Crippen molar-refractivity contribution in [2.75, 3.05) is 4.90 Å². The van der Waals surface area contributed by atoms with Gasteiger partial charge in [-0.05, 0) is 88.0 Å². The molecule has 0 amide bonds. The third-order valence-corrected chi connectivity index (χ3v) is 11.2. The van der Waals surface area contributed by atoms with Crippen molar-refractivity contribution in [2.45, 2.75) is 0 Å². The molecule has 0 N–H and O–H groups in total. The predicted octanol–water partition coefficient (Wildman–Crippen LogP) is 15.2. The van der Waals surface area contributed by atoms with Gasteiger partial charge in [-0.3, -0.25) is 0 Å². The summed E-state index contributed by atoms with van der Waals surface area (Å²) >= 11 is 0. The SMILES string of the molecule is c1ccc(-c2ccc(N(c3ccc(-c4ccccc4)cc3)c3cc(-n4c5ccccc5c5ccc(-c6ccccc6)cc54)cc4c3oc3ccccc34)cc2)cc1. The number of aromatic nitrogens is 1. The first-order valence-electron chi connectivity index (χ1n) is 19.4. The molecule has 57 heavy (non-hydrogen) atoms. The Morgan fingerprint density at radius 2 is 0.807 bits per heavy atom. The van der Waals surface area contributed by atoms with Crippen molar-refractivity contribution in [1.29, 1.82) is 0 Å². The Bertz CT molecular complexity index is 3120. The average Bonchev–Trinajstić information content (AvgIpc) is 3.83. The topological polar surface area (TPSA) is 21.3 Å². The smallest absolute Gasteiger partial charge is 0.159 e. The summed E-state index contributed by atoms with van der Waals surface area (Å²) in [6, 6.07) is 78.1. The molecule has 0 atom stereocenters. The van der Waals surface area contributed by atoms with E-state index in [2.05, 4.69) is 222 Å². The molecule has 0 fully saturated rings. The Kier molecular flexibility index (Phi) is 7.82. The zero-order valence-electron chi connectivity index (χ0n) is 31.1. The lowest BCUT2D eigenvalue weighted by Gasteiger charge is -2.27. The minimum absolute atomic E-state index is 0.838. The van der Waals surface area contributed by atoms with Crippen molar-refractivity contribution in [3.8, 4) is 39.1 Å². The molecule has 0 aliphatic heterocycles. The maximum Gasteiger partial charge on any atom is 0.159 e. The first-order valence-corrected chi connectivity index (χ1v) is 19.4. The van der Waals surface area contributed by atoms with Crippen LogP contribution in [0.2, 0.25) is 0 Å². The van der Waals surface area contributed by atoms with Crippen LogP contribution in [0.4, 0.5) is 17.1 Å². The monoisotopic (exact) mass is 728 g/mol. The zero-order chi connectivity index (χ0) is 37.7. The van der Waals surface area contributed by atoms with E-state index in [-0.39, 0.29) is 0 Å². The first kappa shape index (κ1) is 32.8. The maximum atomic E-state index is 6.87. The molecule has 0 saturated carbocycles. The molecule has 0 unspecified atom stereocenters. The summed E-state index contributed by atoms with van der Waals surface area (Å²) in [6.45, 7) is 0. The van der Waals surface area contributed by atoms with Gasteiger partial charge in [-0.1, -0.05) is 164 Å². The molecule has 11 aromatic rings. The molecule has 0 radical (unpaired) electrons. The lowest BCUT2D eigenvalue weighted by atomic mass is 10.0. The number of furan rings is 1. The fraction of sp³-hybridized carbons (Fsp3) is 0. The molecule has 2 heterocycles. The Balaban J connectivity index is 1.18. The summed E-state index contributed by atoms with van der Waals surface area (Å²) in [4.78, 5) is 2.35. The minimum Gasteiger partial charge on any atom is -0.454 e. The highest BCUT2D eigenvalue weighted by molar-refractivity contribution is 6.14. The summed E-state index contributed by atoms with van der Waals surface area (Å²) < 4.78 is 9.29. The van der Waals surface area contributed by atoms with E-state index in [0.717, 1.165) is 55.7 Å². The van der Waals surface area contributed by atoms with E-state index in [1.165, 1.54) is 44.2 Å². The van der Waals surface area contributed by atoms with Crippen LogP contribution in [-0.2, 0) is 0 Å². The van der Waals surface area contributed by atoms with E-state index in [1.807, 2.05) is 6.07 Å². The number of benzene rings is 9. The van der Waals surface area contributed by atoms with E-state index in [0.29, 0.717) is 0 Å². The highest BCUT2D eigenvalue weighted by atomic mass is 16.3. The summed E-state index contributed by atoms with van der Waals surface area (Å²) in [5.41, 5.74) is 15.2. The van der Waals surface area contributed by atoms with E-state index < -0.39 is 0 Å². The van der Waals surface area contributed by atoms with Gasteiger partial charge in [0.25, 0.3) is 0 Å². The average molecular weight is 729 g/mol. The van der Waals surface area contributed by atoms with Crippen LogP contribution in [0.25, 0.3) is 82.8 Å². The number of fused-ring (bicyclic) bond motifs is 6. The number of hydrogen-bond acceptors (Lipinski definition) is 2. The van der Waals surface area contributed by atoms with Crippen LogP contribution >= 0.6 is 0 Å². The van der Waals surface area contributed by atoms with Crippen LogP contribution < -0.4 is 4.90 Å². The van der Waals surface area contributed by atoms with Gasteiger partial charge in [-0.15, -0.1) is 0 Å². The van der Waals surface area contributed by atoms with Crippen molar-refractivity contribution in [3.05, 3.63) is 218 Å². The van der Waals surface area contributed by atoms with Crippen LogP contribution in [0.15, 0.2) is 223 Å². The molecule has 0 aliphatic carbocycles. The highest BCUT2D eigenvalue weighted by Crippen LogP contribution is 2.46. The largest absolute Gasteiger partial charge is 0.454 e. The maximum absolute atomic E-state index is 6.87. The van der Waals surface area contributed by atoms with Crippen LogP contribution in [0, 0.1) is 0 Å². The van der Waals surface area contributed by atoms with Crippen LogP contribution in [0.1, 0.15) is 0 Å². The predicted molar refractivity (Wildman–Crippen MR) is 239 cm³/mol. The number of anilines is 3. The van der Waals surface area contributed by atoms with Gasteiger partial charge in [-0.2, -0.15) is 0 Å². The Morgan fingerprint density at radius 1 is 0.333 bits per heavy atom. The molecule has 0 bridgehead atoms. The van der Waals surface area contributed by atoms with E-state index >= 15 is 0 Å². The van der Waals surface area contributed by atoms with Gasteiger partial charge in [0, 0.05) is 38.6 Å². The van der Waals surface area contributed by atoms with Gasteiger partial charge in [0.15, 0.2) is 5.58 Å². The lowest BCUT2D eigenvalue weighted by Crippen LogP contribution is -2.11. The quantitative estimate of drug-likeness (QED) is 0.163. The highest BCUT2D eigenvalue weighted by Gasteiger charge is 2.23. The van der Waals surface area contributed by atoms with Gasteiger partial charge in [0.2, 0.25) is 0 Å². The van der Waals surface area contributed by atoms with Gasteiger partial charge in [-0.25, -0.2) is 0 Å². The summed E-state index contributed by atoms with van der Waals surface area (Å²) in [6.07, 6.45) is 0. The van der Waals surface area contributed by atoms with Gasteiger partial charge < -0.3 is 13.9 Å². The number of hydrogen-bond donors (Lipinski definition) is 0. The van der Waals surface area contributed by atoms with E-state index in [4.69, 9.17) is 4.42 Å². The molecule has 3 nitrogen and oxygen atoms in total. The normalized spacial score (nSPS) is 11.5. The molecule has 2 aromatic heterocycles. The molecule has 9 aromatic carbocycles. The number of rotatable bonds is 7. The van der Waals surface area contributed by atoms with Crippen LogP contribution in [0.3, 0.4) is 0 Å². The Morgan fingerprint density at radius 3 is 1.42 bits per heavy atom. The van der Waals surface area contributed by atoms with E-state index in [1.54, 1.807) is 0 Å². The fourth-order valence-electron chi connectivity index (χ4n) is 8.44. The van der Waals surface area contributed by atoms with E-state index in [9.17, 15) is 0 Å². The third-order valence-electron chi connectivity index (χ3n) is 11.2. The van der Waals surface area contributed by atoms with Gasteiger partial charge >= 0.3 is 0 Å². The summed E-state index contributed by atoms with van der Waals surface area (Å²) in [5, 5.41) is 4.58. The fourth-order valence-corrected chi connectivity index (χ4v) is 8.44. The van der Waals surface area contributed by atoms with Crippen molar-refractivity contribution in [3.63, 3.8) is 0 Å². The molecule has 3 heteroatoms. The van der Waals surface area contributed by atoms with Crippen LogP contribution in [-0.4, -0.2) is 4.57 Å². The van der Waals surface area contributed by atoms with Crippen LogP contribution in [0.5, 0.6) is 0 Å². The third kappa shape index (κ3) is 5.68.